The smallest absolute Gasteiger partial charge is 0.310 e. The number of halogens is 1. The average molecular weight is 487 g/mol. The molecule has 0 bridgehead atoms. The van der Waals surface area contributed by atoms with Crippen LogP contribution in [0.2, 0.25) is 0 Å². The lowest BCUT2D eigenvalue weighted by atomic mass is 9.78. The van der Waals surface area contributed by atoms with Crippen LogP contribution in [0.3, 0.4) is 0 Å². The molecule has 4 nitrogen and oxygen atoms in total. The third-order valence-electron chi connectivity index (χ3n) is 6.43. The normalized spacial score (nSPS) is 18.7. The molecule has 3 rings (SSSR count). The highest BCUT2D eigenvalue weighted by Crippen LogP contribution is 2.34. The van der Waals surface area contributed by atoms with E-state index in [9.17, 15) is 4.79 Å². The zero-order valence-corrected chi connectivity index (χ0v) is 20.5. The Morgan fingerprint density at radius 2 is 1.71 bits per heavy atom. The van der Waals surface area contributed by atoms with Gasteiger partial charge < -0.3 is 4.74 Å². The number of unbranched alkanes of at least 4 members (excludes halogenated alkanes) is 2. The van der Waals surface area contributed by atoms with Crippen molar-refractivity contribution in [1.82, 2.24) is 9.97 Å². The van der Waals surface area contributed by atoms with Crippen molar-refractivity contribution in [3.8, 4) is 17.1 Å². The summed E-state index contributed by atoms with van der Waals surface area (Å²) in [7, 11) is 0. The molecule has 1 aliphatic rings. The summed E-state index contributed by atoms with van der Waals surface area (Å²) >= 11 is 3.47. The van der Waals surface area contributed by atoms with Gasteiger partial charge in [0.15, 0.2) is 5.82 Å². The molecule has 0 atom stereocenters. The molecule has 1 fully saturated rings. The molecule has 1 heterocycles. The van der Waals surface area contributed by atoms with Crippen molar-refractivity contribution in [3.63, 3.8) is 0 Å². The monoisotopic (exact) mass is 486 g/mol. The number of hydrogen-bond acceptors (Lipinski definition) is 4. The number of carbonyl (C=O) groups is 1. The zero-order chi connectivity index (χ0) is 22.1. The van der Waals surface area contributed by atoms with Gasteiger partial charge in [-0.3, -0.25) is 4.79 Å². The highest BCUT2D eigenvalue weighted by molar-refractivity contribution is 9.10. The van der Waals surface area contributed by atoms with Gasteiger partial charge in [0.05, 0.1) is 4.47 Å². The van der Waals surface area contributed by atoms with Crippen LogP contribution in [0.5, 0.6) is 5.75 Å². The Hall–Kier alpha value is -1.75. The van der Waals surface area contributed by atoms with E-state index in [4.69, 9.17) is 4.74 Å². The number of benzene rings is 1. The predicted molar refractivity (Wildman–Crippen MR) is 129 cm³/mol. The first-order valence-electron chi connectivity index (χ1n) is 11.9. The Labute approximate surface area is 195 Å². The molecular weight excluding hydrogens is 452 g/mol. The summed E-state index contributed by atoms with van der Waals surface area (Å²) < 4.78 is 6.02. The van der Waals surface area contributed by atoms with E-state index in [-0.39, 0.29) is 5.97 Å². The van der Waals surface area contributed by atoms with Gasteiger partial charge in [0.1, 0.15) is 5.75 Å². The van der Waals surface area contributed by atoms with Crippen molar-refractivity contribution in [3.05, 3.63) is 40.6 Å². The minimum Gasteiger partial charge on any atom is -0.425 e. The minimum atomic E-state index is -0.251. The second-order valence-corrected chi connectivity index (χ2v) is 9.66. The maximum absolute atomic E-state index is 11.5. The molecule has 5 heteroatoms. The predicted octanol–water partition coefficient (Wildman–Crippen LogP) is 7.54. The van der Waals surface area contributed by atoms with E-state index in [1.807, 2.05) is 24.5 Å². The fourth-order valence-electron chi connectivity index (χ4n) is 4.41. The number of carbonyl (C=O) groups excluding carboxylic acids is 1. The van der Waals surface area contributed by atoms with Crippen LogP contribution in [0, 0.1) is 11.8 Å². The van der Waals surface area contributed by atoms with Crippen LogP contribution >= 0.6 is 15.9 Å². The fraction of sp³-hybridized carbons (Fsp3) is 0.577. The quantitative estimate of drug-likeness (QED) is 0.197. The molecular formula is C26H35BrN2O2. The first kappa shape index (κ1) is 23.9. The molecule has 2 aromatic rings. The van der Waals surface area contributed by atoms with E-state index in [2.05, 4.69) is 32.8 Å². The Bertz CT molecular complexity index is 830. The molecule has 0 spiro atoms. The van der Waals surface area contributed by atoms with Crippen LogP contribution in [0.4, 0.5) is 0 Å². The van der Waals surface area contributed by atoms with Crippen molar-refractivity contribution in [1.29, 1.82) is 0 Å². The van der Waals surface area contributed by atoms with Crippen LogP contribution in [0.15, 0.2) is 35.1 Å². The molecule has 168 valence electrons. The zero-order valence-electron chi connectivity index (χ0n) is 18.9. The average Bonchev–Trinajstić information content (AvgIpc) is 2.80. The number of rotatable bonds is 10. The number of esters is 1. The van der Waals surface area contributed by atoms with E-state index in [0.29, 0.717) is 18.0 Å². The molecule has 1 aromatic heterocycles. The summed E-state index contributed by atoms with van der Waals surface area (Å²) in [4.78, 5) is 20.7. The number of nitrogens with zero attached hydrogens (tertiary/aromatic N) is 2. The first-order chi connectivity index (χ1) is 15.1. The third-order valence-corrected chi connectivity index (χ3v) is 7.05. The number of hydrogen-bond donors (Lipinski definition) is 0. The second kappa shape index (κ2) is 12.3. The Kier molecular flexibility index (Phi) is 9.51. The van der Waals surface area contributed by atoms with Gasteiger partial charge >= 0.3 is 5.97 Å². The summed E-state index contributed by atoms with van der Waals surface area (Å²) in [6.45, 7) is 4.06. The SMILES string of the molecule is CCCCC[C@H]1CC[C@H](CCc2cnc(-c3ccc(OC(=O)CC)c(Br)c3)nc2)CC1. The summed E-state index contributed by atoms with van der Waals surface area (Å²) in [5.41, 5.74) is 2.11. The maximum atomic E-state index is 11.5. The summed E-state index contributed by atoms with van der Waals surface area (Å²) in [6.07, 6.45) is 17.7. The van der Waals surface area contributed by atoms with E-state index < -0.39 is 0 Å². The molecule has 1 aliphatic carbocycles. The molecule has 0 amide bonds. The summed E-state index contributed by atoms with van der Waals surface area (Å²) in [5, 5.41) is 0. The highest BCUT2D eigenvalue weighted by Gasteiger charge is 2.20. The van der Waals surface area contributed by atoms with Crippen molar-refractivity contribution < 1.29 is 9.53 Å². The van der Waals surface area contributed by atoms with E-state index in [1.54, 1.807) is 13.0 Å². The van der Waals surface area contributed by atoms with Gasteiger partial charge in [-0.2, -0.15) is 0 Å². The van der Waals surface area contributed by atoms with Gasteiger partial charge in [-0.15, -0.1) is 0 Å². The Balaban J connectivity index is 1.47. The van der Waals surface area contributed by atoms with Crippen molar-refractivity contribution >= 4 is 21.9 Å². The number of ether oxygens (including phenoxy) is 1. The number of aromatic nitrogens is 2. The number of aryl methyl sites for hydroxylation is 1. The first-order valence-corrected chi connectivity index (χ1v) is 12.7. The van der Waals surface area contributed by atoms with E-state index >= 15 is 0 Å². The molecule has 31 heavy (non-hydrogen) atoms. The summed E-state index contributed by atoms with van der Waals surface area (Å²) in [6, 6.07) is 5.56. The Morgan fingerprint density at radius 1 is 1.03 bits per heavy atom. The second-order valence-electron chi connectivity index (χ2n) is 8.81. The molecule has 1 saturated carbocycles. The third kappa shape index (κ3) is 7.41. The van der Waals surface area contributed by atoms with Crippen molar-refractivity contribution in [2.45, 2.75) is 84.5 Å². The van der Waals surface area contributed by atoms with Crippen molar-refractivity contribution in [2.75, 3.05) is 0 Å². The lowest BCUT2D eigenvalue weighted by molar-refractivity contribution is -0.134. The van der Waals surface area contributed by atoms with Crippen LogP contribution in [0.25, 0.3) is 11.4 Å². The lowest BCUT2D eigenvalue weighted by Crippen LogP contribution is -2.15. The molecule has 0 aliphatic heterocycles. The van der Waals surface area contributed by atoms with Crippen LogP contribution in [-0.4, -0.2) is 15.9 Å². The summed E-state index contributed by atoms with van der Waals surface area (Å²) in [5.74, 6) is 2.79. The largest absolute Gasteiger partial charge is 0.425 e. The van der Waals surface area contributed by atoms with E-state index in [0.717, 1.165) is 28.3 Å². The van der Waals surface area contributed by atoms with Gasteiger partial charge in [0.25, 0.3) is 0 Å². The van der Waals surface area contributed by atoms with Gasteiger partial charge in [-0.05, 0) is 64.4 Å². The molecule has 0 saturated heterocycles. The van der Waals surface area contributed by atoms with Gasteiger partial charge in [0, 0.05) is 24.4 Å². The van der Waals surface area contributed by atoms with Crippen LogP contribution in [0.1, 0.15) is 83.6 Å². The minimum absolute atomic E-state index is 0.251. The van der Waals surface area contributed by atoms with Gasteiger partial charge in [-0.25, -0.2) is 9.97 Å². The highest BCUT2D eigenvalue weighted by atomic mass is 79.9. The fourth-order valence-corrected chi connectivity index (χ4v) is 4.87. The van der Waals surface area contributed by atoms with Gasteiger partial charge in [-0.1, -0.05) is 65.2 Å². The van der Waals surface area contributed by atoms with Crippen LogP contribution in [-0.2, 0) is 11.2 Å². The Morgan fingerprint density at radius 3 is 2.32 bits per heavy atom. The van der Waals surface area contributed by atoms with E-state index in [1.165, 1.54) is 63.4 Å². The van der Waals surface area contributed by atoms with Crippen molar-refractivity contribution in [2.24, 2.45) is 11.8 Å². The van der Waals surface area contributed by atoms with Gasteiger partial charge in [0.2, 0.25) is 0 Å². The maximum Gasteiger partial charge on any atom is 0.310 e. The molecule has 0 unspecified atom stereocenters. The molecule has 0 radical (unpaired) electrons. The standard InChI is InChI=1S/C26H35BrN2O2/c1-3-5-6-7-19-8-10-20(11-9-19)12-13-21-17-28-26(29-18-21)22-14-15-24(23(27)16-22)31-25(30)4-2/h14-20H,3-13H2,1-2H3/t19-,20-. The molecule has 1 aromatic carbocycles. The van der Waals surface area contributed by atoms with Crippen LogP contribution < -0.4 is 4.74 Å². The molecule has 0 N–H and O–H groups in total. The lowest BCUT2D eigenvalue weighted by Gasteiger charge is -2.28. The topological polar surface area (TPSA) is 52.1 Å².